The van der Waals surface area contributed by atoms with Gasteiger partial charge < -0.3 is 49.7 Å². The second-order valence-electron chi connectivity index (χ2n) is 11.2. The van der Waals surface area contributed by atoms with Crippen molar-refractivity contribution >= 4 is 45.5 Å². The molecule has 6 aromatic carbocycles. The van der Waals surface area contributed by atoms with Gasteiger partial charge in [0.25, 0.3) is 0 Å². The minimum absolute atomic E-state index is 0.0505. The summed E-state index contributed by atoms with van der Waals surface area (Å²) >= 11 is 0. The highest BCUT2D eigenvalue weighted by Gasteiger charge is 2.11. The van der Waals surface area contributed by atoms with Crippen LogP contribution in [0, 0.1) is 0 Å². The molecule has 10 nitrogen and oxygen atoms in total. The van der Waals surface area contributed by atoms with E-state index in [0.717, 1.165) is 68.5 Å². The minimum atomic E-state index is -0.0505. The first kappa shape index (κ1) is 34.2. The average Bonchev–Trinajstić information content (AvgIpc) is 3.17. The molecule has 0 radical (unpaired) electrons. The molecule has 0 aromatic heterocycles. The SMILES string of the molecule is COc1ccc(Nc2ccc(OCOc3ccc(Nc4ccc(OC)cc4)cc3Nc3ccc(OC)cc3)c(Nc3ccc(OC)cc3)c2)cc1. The Hall–Kier alpha value is -6.68. The number of anilines is 8. The Morgan fingerprint density at radius 1 is 0.333 bits per heavy atom. The summed E-state index contributed by atoms with van der Waals surface area (Å²) in [5.74, 6) is 4.32. The first-order chi connectivity index (χ1) is 25.0. The zero-order valence-electron chi connectivity index (χ0n) is 28.9. The van der Waals surface area contributed by atoms with E-state index in [9.17, 15) is 0 Å². The molecule has 4 N–H and O–H groups in total. The van der Waals surface area contributed by atoms with Gasteiger partial charge in [0.1, 0.15) is 34.5 Å². The average molecular weight is 685 g/mol. The molecule has 0 unspecified atom stereocenters. The molecule has 0 fully saturated rings. The molecule has 51 heavy (non-hydrogen) atoms. The summed E-state index contributed by atoms with van der Waals surface area (Å²) in [6.07, 6.45) is 0. The molecule has 0 saturated heterocycles. The predicted octanol–water partition coefficient (Wildman–Crippen LogP) is 10.1. The molecule has 6 rings (SSSR count). The Bertz CT molecular complexity index is 1860. The number of methoxy groups -OCH3 is 4. The van der Waals surface area contributed by atoms with Gasteiger partial charge >= 0.3 is 0 Å². The molecule has 6 aromatic rings. The van der Waals surface area contributed by atoms with Crippen LogP contribution in [0.3, 0.4) is 0 Å². The number of rotatable bonds is 16. The molecule has 0 bridgehead atoms. The Morgan fingerprint density at radius 2 is 0.608 bits per heavy atom. The van der Waals surface area contributed by atoms with E-state index in [0.29, 0.717) is 11.5 Å². The van der Waals surface area contributed by atoms with Gasteiger partial charge in [-0.2, -0.15) is 0 Å². The quantitative estimate of drug-likeness (QED) is 0.0737. The summed E-state index contributed by atoms with van der Waals surface area (Å²) in [5.41, 5.74) is 6.82. The van der Waals surface area contributed by atoms with Crippen molar-refractivity contribution in [2.45, 2.75) is 0 Å². The molecular formula is C41H40N4O6. The van der Waals surface area contributed by atoms with Crippen molar-refractivity contribution in [3.8, 4) is 34.5 Å². The maximum Gasteiger partial charge on any atom is 0.231 e. The summed E-state index contributed by atoms with van der Waals surface area (Å²) < 4.78 is 33.8. The standard InChI is InChI=1S/C41H40N4O6/c1-46-34-15-5-28(6-16-34)42-32-13-23-40(38(25-32)44-30-9-19-36(48-3)20-10-30)50-27-51-41-24-14-33(43-29-7-17-35(47-2)18-8-29)26-39(41)45-31-11-21-37(49-4)22-12-31/h5-26,42-45H,27H2,1-4H3. The van der Waals surface area contributed by atoms with E-state index < -0.39 is 0 Å². The molecule has 0 aliphatic carbocycles. The lowest BCUT2D eigenvalue weighted by molar-refractivity contribution is 0.121. The maximum absolute atomic E-state index is 6.25. The van der Waals surface area contributed by atoms with Gasteiger partial charge in [-0.1, -0.05) is 0 Å². The highest BCUT2D eigenvalue weighted by molar-refractivity contribution is 5.75. The van der Waals surface area contributed by atoms with Crippen molar-refractivity contribution in [2.75, 3.05) is 56.5 Å². The normalized spacial score (nSPS) is 10.4. The van der Waals surface area contributed by atoms with Gasteiger partial charge in [0.05, 0.1) is 39.8 Å². The molecule has 0 aliphatic heterocycles. The van der Waals surface area contributed by atoms with E-state index in [1.807, 2.05) is 133 Å². The second kappa shape index (κ2) is 16.6. The molecule has 260 valence electrons. The zero-order chi connectivity index (χ0) is 35.4. The topological polar surface area (TPSA) is 104 Å². The Labute approximate surface area is 297 Å². The lowest BCUT2D eigenvalue weighted by Crippen LogP contribution is -2.09. The lowest BCUT2D eigenvalue weighted by atomic mass is 10.2. The van der Waals surface area contributed by atoms with Crippen molar-refractivity contribution in [1.82, 2.24) is 0 Å². The highest BCUT2D eigenvalue weighted by Crippen LogP contribution is 2.35. The highest BCUT2D eigenvalue weighted by atomic mass is 16.7. The van der Waals surface area contributed by atoms with E-state index in [1.54, 1.807) is 28.4 Å². The van der Waals surface area contributed by atoms with Gasteiger partial charge in [-0.25, -0.2) is 0 Å². The fourth-order valence-corrected chi connectivity index (χ4v) is 5.16. The van der Waals surface area contributed by atoms with Crippen molar-refractivity contribution in [3.05, 3.63) is 133 Å². The van der Waals surface area contributed by atoms with Gasteiger partial charge in [-0.3, -0.25) is 0 Å². The predicted molar refractivity (Wildman–Crippen MR) is 204 cm³/mol. The third-order valence-electron chi connectivity index (χ3n) is 7.88. The summed E-state index contributed by atoms with van der Waals surface area (Å²) in [6, 6.07) is 42.5. The molecule has 0 amide bonds. The van der Waals surface area contributed by atoms with Crippen molar-refractivity contribution < 1.29 is 28.4 Å². The van der Waals surface area contributed by atoms with Gasteiger partial charge in [0, 0.05) is 34.1 Å². The zero-order valence-corrected chi connectivity index (χ0v) is 28.9. The number of nitrogens with one attached hydrogen (secondary N) is 4. The van der Waals surface area contributed by atoms with E-state index >= 15 is 0 Å². The van der Waals surface area contributed by atoms with Gasteiger partial charge in [-0.05, 0) is 133 Å². The van der Waals surface area contributed by atoms with Crippen LogP contribution >= 0.6 is 0 Å². The first-order valence-corrected chi connectivity index (χ1v) is 16.2. The first-order valence-electron chi connectivity index (χ1n) is 16.2. The van der Waals surface area contributed by atoms with E-state index in [-0.39, 0.29) is 6.79 Å². The van der Waals surface area contributed by atoms with Crippen LogP contribution in [0.15, 0.2) is 133 Å². The second-order valence-corrected chi connectivity index (χ2v) is 11.2. The van der Waals surface area contributed by atoms with E-state index in [1.165, 1.54) is 0 Å². The monoisotopic (exact) mass is 684 g/mol. The fraction of sp³-hybridized carbons (Fsp3) is 0.122. The minimum Gasteiger partial charge on any atom is -0.497 e. The number of hydrogen-bond acceptors (Lipinski definition) is 10. The molecule has 0 aliphatic rings. The smallest absolute Gasteiger partial charge is 0.231 e. The van der Waals surface area contributed by atoms with Crippen LogP contribution in [0.5, 0.6) is 34.5 Å². The van der Waals surface area contributed by atoms with Crippen LogP contribution < -0.4 is 49.7 Å². The third kappa shape index (κ3) is 9.27. The van der Waals surface area contributed by atoms with Crippen molar-refractivity contribution in [3.63, 3.8) is 0 Å². The molecule has 10 heteroatoms. The Balaban J connectivity index is 1.21. The molecule has 0 atom stereocenters. The van der Waals surface area contributed by atoms with Crippen LogP contribution in [-0.4, -0.2) is 35.2 Å². The van der Waals surface area contributed by atoms with Crippen LogP contribution in [0.25, 0.3) is 0 Å². The van der Waals surface area contributed by atoms with Crippen LogP contribution in [0.1, 0.15) is 0 Å². The summed E-state index contributed by atoms with van der Waals surface area (Å²) in [5, 5.41) is 13.8. The van der Waals surface area contributed by atoms with Gasteiger partial charge in [0.15, 0.2) is 0 Å². The molecule has 0 spiro atoms. The molecular weight excluding hydrogens is 644 g/mol. The molecule has 0 saturated carbocycles. The lowest BCUT2D eigenvalue weighted by Gasteiger charge is -2.18. The van der Waals surface area contributed by atoms with Gasteiger partial charge in [0.2, 0.25) is 6.79 Å². The summed E-state index contributed by atoms with van der Waals surface area (Å²) in [6.45, 7) is -0.0505. The number of ether oxygens (including phenoxy) is 6. The van der Waals surface area contributed by atoms with E-state index in [2.05, 4.69) is 21.3 Å². The van der Waals surface area contributed by atoms with Gasteiger partial charge in [-0.15, -0.1) is 0 Å². The molecule has 0 heterocycles. The van der Waals surface area contributed by atoms with Crippen molar-refractivity contribution in [1.29, 1.82) is 0 Å². The summed E-state index contributed by atoms with van der Waals surface area (Å²) in [7, 11) is 6.59. The summed E-state index contributed by atoms with van der Waals surface area (Å²) in [4.78, 5) is 0. The van der Waals surface area contributed by atoms with Crippen LogP contribution in [0.2, 0.25) is 0 Å². The van der Waals surface area contributed by atoms with E-state index in [4.69, 9.17) is 28.4 Å². The van der Waals surface area contributed by atoms with Crippen LogP contribution in [0.4, 0.5) is 45.5 Å². The fourth-order valence-electron chi connectivity index (χ4n) is 5.16. The number of benzene rings is 6. The van der Waals surface area contributed by atoms with Crippen molar-refractivity contribution in [2.24, 2.45) is 0 Å². The largest absolute Gasteiger partial charge is 0.497 e. The Morgan fingerprint density at radius 3 is 0.902 bits per heavy atom. The number of hydrogen-bond donors (Lipinski definition) is 4. The Kier molecular flexibility index (Phi) is 11.1. The third-order valence-corrected chi connectivity index (χ3v) is 7.88. The van der Waals surface area contributed by atoms with Crippen LogP contribution in [-0.2, 0) is 0 Å². The maximum atomic E-state index is 6.25.